The molecular weight excluding hydrogens is 276 g/mol. The molecule has 1 atom stereocenters. The third-order valence-electron chi connectivity index (χ3n) is 3.30. The molecule has 1 amide bonds. The number of carbonyl (C=O) groups is 1. The van der Waals surface area contributed by atoms with Crippen molar-refractivity contribution < 1.29 is 9.53 Å². The van der Waals surface area contributed by atoms with E-state index in [1.54, 1.807) is 0 Å². The van der Waals surface area contributed by atoms with Gasteiger partial charge in [-0.15, -0.1) is 11.3 Å². The van der Waals surface area contributed by atoms with E-state index >= 15 is 0 Å². The Bertz CT molecular complexity index is 432. The van der Waals surface area contributed by atoms with Gasteiger partial charge in [-0.05, 0) is 25.9 Å². The third-order valence-corrected chi connectivity index (χ3v) is 4.11. The molecule has 20 heavy (non-hydrogen) atoms. The van der Waals surface area contributed by atoms with Gasteiger partial charge in [0, 0.05) is 19.0 Å². The van der Waals surface area contributed by atoms with E-state index in [1.807, 2.05) is 5.38 Å². The Morgan fingerprint density at radius 2 is 2.30 bits per heavy atom. The fraction of sp³-hybridized carbons (Fsp3) is 0.692. The standard InChI is InChI=1S/C13H22N4O2S/c1-19-8-11(14)12(18)16-13-15-10(9-20-13)7-17-5-3-2-4-6-17/h9,11H,2-8,14H2,1H3,(H,15,16,18). The van der Waals surface area contributed by atoms with Crippen LogP contribution in [0.1, 0.15) is 25.0 Å². The van der Waals surface area contributed by atoms with Crippen LogP contribution in [0.2, 0.25) is 0 Å². The molecular formula is C13H22N4O2S. The number of thiazole rings is 1. The highest BCUT2D eigenvalue weighted by Crippen LogP contribution is 2.18. The van der Waals surface area contributed by atoms with Crippen molar-refractivity contribution in [1.82, 2.24) is 9.88 Å². The zero-order chi connectivity index (χ0) is 14.4. The second-order valence-electron chi connectivity index (χ2n) is 5.03. The van der Waals surface area contributed by atoms with Crippen LogP contribution in [0.5, 0.6) is 0 Å². The normalized spacial score (nSPS) is 17.9. The second kappa shape index (κ2) is 7.68. The monoisotopic (exact) mass is 298 g/mol. The van der Waals surface area contributed by atoms with Gasteiger partial charge in [-0.1, -0.05) is 6.42 Å². The number of hydrogen-bond acceptors (Lipinski definition) is 6. The van der Waals surface area contributed by atoms with E-state index in [1.165, 1.54) is 37.7 Å². The van der Waals surface area contributed by atoms with Gasteiger partial charge >= 0.3 is 0 Å². The number of amides is 1. The first kappa shape index (κ1) is 15.4. The molecule has 1 aliphatic rings. The van der Waals surface area contributed by atoms with Gasteiger partial charge in [-0.2, -0.15) is 0 Å². The van der Waals surface area contributed by atoms with Crippen LogP contribution in [-0.2, 0) is 16.1 Å². The van der Waals surface area contributed by atoms with Crippen LogP contribution in [0.3, 0.4) is 0 Å². The highest BCUT2D eigenvalue weighted by molar-refractivity contribution is 7.13. The Hall–Kier alpha value is -1.02. The van der Waals surface area contributed by atoms with Crippen molar-refractivity contribution in [3.05, 3.63) is 11.1 Å². The Morgan fingerprint density at radius 3 is 3.00 bits per heavy atom. The Labute approximate surface area is 123 Å². The minimum absolute atomic E-state index is 0.206. The van der Waals surface area contributed by atoms with Crippen molar-refractivity contribution in [3.63, 3.8) is 0 Å². The van der Waals surface area contributed by atoms with Gasteiger partial charge in [-0.25, -0.2) is 4.98 Å². The maximum atomic E-state index is 11.7. The van der Waals surface area contributed by atoms with Crippen molar-refractivity contribution in [2.75, 3.05) is 32.1 Å². The van der Waals surface area contributed by atoms with Crippen LogP contribution < -0.4 is 11.1 Å². The average molecular weight is 298 g/mol. The molecule has 0 aromatic carbocycles. The molecule has 1 unspecified atom stereocenters. The second-order valence-corrected chi connectivity index (χ2v) is 5.89. The zero-order valence-electron chi connectivity index (χ0n) is 11.8. The van der Waals surface area contributed by atoms with Crippen molar-refractivity contribution in [1.29, 1.82) is 0 Å². The summed E-state index contributed by atoms with van der Waals surface area (Å²) in [5.41, 5.74) is 6.67. The summed E-state index contributed by atoms with van der Waals surface area (Å²) in [6.45, 7) is 3.34. The lowest BCUT2D eigenvalue weighted by Gasteiger charge is -2.25. The fourth-order valence-corrected chi connectivity index (χ4v) is 2.94. The number of nitrogens with two attached hydrogens (primary N) is 1. The Morgan fingerprint density at radius 1 is 1.55 bits per heavy atom. The summed E-state index contributed by atoms with van der Waals surface area (Å²) in [7, 11) is 1.52. The summed E-state index contributed by atoms with van der Waals surface area (Å²) in [4.78, 5) is 18.6. The predicted molar refractivity (Wildman–Crippen MR) is 79.7 cm³/mol. The Balaban J connectivity index is 1.83. The summed E-state index contributed by atoms with van der Waals surface area (Å²) in [5, 5.41) is 5.33. The van der Waals surface area contributed by atoms with Gasteiger partial charge < -0.3 is 15.8 Å². The molecule has 1 aliphatic heterocycles. The summed E-state index contributed by atoms with van der Waals surface area (Å²) in [6, 6.07) is -0.658. The number of hydrogen-bond donors (Lipinski definition) is 2. The van der Waals surface area contributed by atoms with E-state index in [0.29, 0.717) is 5.13 Å². The van der Waals surface area contributed by atoms with E-state index in [-0.39, 0.29) is 12.5 Å². The van der Waals surface area contributed by atoms with Gasteiger partial charge in [-0.3, -0.25) is 9.69 Å². The number of nitrogens with one attached hydrogen (secondary N) is 1. The number of nitrogens with zero attached hydrogens (tertiary/aromatic N) is 2. The van der Waals surface area contributed by atoms with Crippen LogP contribution in [0.25, 0.3) is 0 Å². The number of carbonyl (C=O) groups excluding carboxylic acids is 1. The lowest BCUT2D eigenvalue weighted by Crippen LogP contribution is -2.39. The fourth-order valence-electron chi connectivity index (χ4n) is 2.24. The molecule has 1 saturated heterocycles. The maximum absolute atomic E-state index is 11.7. The minimum Gasteiger partial charge on any atom is -0.383 e. The van der Waals surface area contributed by atoms with Crippen LogP contribution >= 0.6 is 11.3 Å². The third kappa shape index (κ3) is 4.52. The lowest BCUT2D eigenvalue weighted by molar-refractivity contribution is -0.118. The van der Waals surface area contributed by atoms with Crippen LogP contribution in [0, 0.1) is 0 Å². The smallest absolute Gasteiger partial charge is 0.245 e. The molecule has 0 spiro atoms. The molecule has 6 nitrogen and oxygen atoms in total. The number of rotatable bonds is 6. The minimum atomic E-state index is -0.658. The average Bonchev–Trinajstić information content (AvgIpc) is 2.87. The van der Waals surface area contributed by atoms with E-state index in [2.05, 4.69) is 15.2 Å². The van der Waals surface area contributed by atoms with Gasteiger partial charge in [0.15, 0.2) is 5.13 Å². The zero-order valence-corrected chi connectivity index (χ0v) is 12.6. The number of aromatic nitrogens is 1. The van der Waals surface area contributed by atoms with E-state index in [4.69, 9.17) is 10.5 Å². The molecule has 0 bridgehead atoms. The first-order chi connectivity index (χ1) is 9.69. The van der Waals surface area contributed by atoms with Crippen molar-refractivity contribution >= 4 is 22.4 Å². The molecule has 0 saturated carbocycles. The highest BCUT2D eigenvalue weighted by Gasteiger charge is 2.16. The summed E-state index contributed by atoms with van der Waals surface area (Å²) in [5.74, 6) is -0.259. The van der Waals surface area contributed by atoms with Gasteiger partial charge in [0.2, 0.25) is 5.91 Å². The van der Waals surface area contributed by atoms with Gasteiger partial charge in [0.1, 0.15) is 6.04 Å². The van der Waals surface area contributed by atoms with E-state index in [9.17, 15) is 4.79 Å². The Kier molecular flexibility index (Phi) is 5.90. The molecule has 112 valence electrons. The molecule has 0 radical (unpaired) electrons. The largest absolute Gasteiger partial charge is 0.383 e. The number of piperidine rings is 1. The molecule has 3 N–H and O–H groups in total. The predicted octanol–water partition coefficient (Wildman–Crippen LogP) is 1.04. The molecule has 1 aromatic heterocycles. The topological polar surface area (TPSA) is 80.5 Å². The van der Waals surface area contributed by atoms with Crippen molar-refractivity contribution in [3.8, 4) is 0 Å². The quantitative estimate of drug-likeness (QED) is 0.820. The molecule has 1 aromatic rings. The summed E-state index contributed by atoms with van der Waals surface area (Å²) in [6.07, 6.45) is 3.85. The highest BCUT2D eigenvalue weighted by atomic mass is 32.1. The molecule has 2 heterocycles. The lowest BCUT2D eigenvalue weighted by atomic mass is 10.1. The number of methoxy groups -OCH3 is 1. The SMILES string of the molecule is COCC(N)C(=O)Nc1nc(CN2CCCCC2)cs1. The van der Waals surface area contributed by atoms with Gasteiger partial charge in [0.05, 0.1) is 12.3 Å². The molecule has 1 fully saturated rings. The summed E-state index contributed by atoms with van der Waals surface area (Å²) < 4.78 is 4.86. The first-order valence-electron chi connectivity index (χ1n) is 6.91. The van der Waals surface area contributed by atoms with E-state index < -0.39 is 6.04 Å². The molecule has 2 rings (SSSR count). The van der Waals surface area contributed by atoms with Gasteiger partial charge in [0.25, 0.3) is 0 Å². The summed E-state index contributed by atoms with van der Waals surface area (Å²) >= 11 is 1.44. The maximum Gasteiger partial charge on any atom is 0.245 e. The molecule has 7 heteroatoms. The number of likely N-dealkylation sites (tertiary alicyclic amines) is 1. The van der Waals surface area contributed by atoms with Crippen LogP contribution in [-0.4, -0.2) is 48.6 Å². The van der Waals surface area contributed by atoms with Crippen molar-refractivity contribution in [2.24, 2.45) is 5.73 Å². The number of ether oxygens (including phenoxy) is 1. The number of anilines is 1. The van der Waals surface area contributed by atoms with E-state index in [0.717, 1.165) is 25.3 Å². The first-order valence-corrected chi connectivity index (χ1v) is 7.79. The van der Waals surface area contributed by atoms with Crippen LogP contribution in [0.15, 0.2) is 5.38 Å². The van der Waals surface area contributed by atoms with Crippen molar-refractivity contribution in [2.45, 2.75) is 31.8 Å². The van der Waals surface area contributed by atoms with Crippen LogP contribution in [0.4, 0.5) is 5.13 Å². The molecule has 0 aliphatic carbocycles.